The molecular formula is C14H17N3O3S. The van der Waals surface area contributed by atoms with E-state index in [4.69, 9.17) is 4.74 Å². The maximum atomic E-state index is 12.4. The van der Waals surface area contributed by atoms with E-state index in [0.29, 0.717) is 22.5 Å². The zero-order valence-electron chi connectivity index (χ0n) is 12.4. The van der Waals surface area contributed by atoms with Crippen LogP contribution in [0, 0.1) is 6.92 Å². The predicted molar refractivity (Wildman–Crippen MR) is 80.9 cm³/mol. The van der Waals surface area contributed by atoms with Crippen LogP contribution in [-0.2, 0) is 18.2 Å². The lowest BCUT2D eigenvalue weighted by Crippen LogP contribution is -2.15. The van der Waals surface area contributed by atoms with Gasteiger partial charge < -0.3 is 10.1 Å². The van der Waals surface area contributed by atoms with Crippen LogP contribution in [0.5, 0.6) is 0 Å². The van der Waals surface area contributed by atoms with Crippen LogP contribution in [0.25, 0.3) is 0 Å². The van der Waals surface area contributed by atoms with E-state index in [1.165, 1.54) is 18.4 Å². The molecule has 0 spiro atoms. The quantitative estimate of drug-likeness (QED) is 0.880. The molecule has 0 saturated heterocycles. The van der Waals surface area contributed by atoms with E-state index in [0.717, 1.165) is 11.3 Å². The number of carbonyl (C=O) groups is 2. The summed E-state index contributed by atoms with van der Waals surface area (Å²) in [6, 6.07) is 0. The number of aryl methyl sites for hydroxylation is 3. The topological polar surface area (TPSA) is 73.2 Å². The SMILES string of the molecule is CCc1nn(C)cc1C(=O)Nc1c(C)csc1C(=O)OC. The molecule has 0 aliphatic heterocycles. The standard InChI is InChI=1S/C14H17N3O3S/c1-5-10-9(6-17(3)16-10)13(18)15-11-8(2)7-21-12(11)14(19)20-4/h6-7H,5H2,1-4H3,(H,15,18). The number of nitrogens with zero attached hydrogens (tertiary/aromatic N) is 2. The Labute approximate surface area is 126 Å². The van der Waals surface area contributed by atoms with Gasteiger partial charge in [0.1, 0.15) is 4.88 Å². The molecule has 112 valence electrons. The van der Waals surface area contributed by atoms with E-state index in [-0.39, 0.29) is 5.91 Å². The summed E-state index contributed by atoms with van der Waals surface area (Å²) in [5, 5.41) is 8.85. The van der Waals surface area contributed by atoms with Gasteiger partial charge in [0.05, 0.1) is 24.1 Å². The highest BCUT2D eigenvalue weighted by atomic mass is 32.1. The number of aromatic nitrogens is 2. The predicted octanol–water partition coefficient (Wildman–Crippen LogP) is 2.39. The number of hydrogen-bond donors (Lipinski definition) is 1. The minimum atomic E-state index is -0.453. The van der Waals surface area contributed by atoms with Gasteiger partial charge in [0.15, 0.2) is 0 Å². The van der Waals surface area contributed by atoms with Crippen LogP contribution in [0.3, 0.4) is 0 Å². The Balaban J connectivity index is 2.31. The van der Waals surface area contributed by atoms with Crippen molar-refractivity contribution in [3.63, 3.8) is 0 Å². The molecule has 2 rings (SSSR count). The molecule has 0 aromatic carbocycles. The fourth-order valence-electron chi connectivity index (χ4n) is 2.01. The average molecular weight is 307 g/mol. The molecule has 0 aliphatic carbocycles. The fraction of sp³-hybridized carbons (Fsp3) is 0.357. The maximum Gasteiger partial charge on any atom is 0.350 e. The molecule has 7 heteroatoms. The molecular weight excluding hydrogens is 290 g/mol. The Bertz CT molecular complexity index is 688. The number of esters is 1. The van der Waals surface area contributed by atoms with E-state index in [9.17, 15) is 9.59 Å². The van der Waals surface area contributed by atoms with Gasteiger partial charge in [0.2, 0.25) is 0 Å². The third kappa shape index (κ3) is 2.97. The van der Waals surface area contributed by atoms with Gasteiger partial charge in [-0.2, -0.15) is 5.10 Å². The van der Waals surface area contributed by atoms with Gasteiger partial charge in [0, 0.05) is 13.2 Å². The monoisotopic (exact) mass is 307 g/mol. The maximum absolute atomic E-state index is 12.4. The normalized spacial score (nSPS) is 10.5. The summed E-state index contributed by atoms with van der Waals surface area (Å²) in [6.45, 7) is 3.78. The van der Waals surface area contributed by atoms with Crippen LogP contribution < -0.4 is 5.32 Å². The number of amides is 1. The fourth-order valence-corrected chi connectivity index (χ4v) is 2.93. The van der Waals surface area contributed by atoms with Crippen LogP contribution >= 0.6 is 11.3 Å². The number of hydrogen-bond acceptors (Lipinski definition) is 5. The van der Waals surface area contributed by atoms with Crippen LogP contribution in [-0.4, -0.2) is 28.8 Å². The summed E-state index contributed by atoms with van der Waals surface area (Å²) >= 11 is 1.25. The summed E-state index contributed by atoms with van der Waals surface area (Å²) in [5.41, 5.74) is 2.57. The highest BCUT2D eigenvalue weighted by Gasteiger charge is 2.21. The Hall–Kier alpha value is -2.15. The molecule has 0 unspecified atom stereocenters. The Morgan fingerprint density at radius 2 is 2.19 bits per heavy atom. The lowest BCUT2D eigenvalue weighted by Gasteiger charge is -2.07. The molecule has 2 aromatic heterocycles. The lowest BCUT2D eigenvalue weighted by atomic mass is 10.2. The van der Waals surface area contributed by atoms with Gasteiger partial charge in [-0.25, -0.2) is 4.79 Å². The van der Waals surface area contributed by atoms with Crippen LogP contribution in [0.2, 0.25) is 0 Å². The van der Waals surface area contributed by atoms with Gasteiger partial charge in [-0.15, -0.1) is 11.3 Å². The second-order valence-electron chi connectivity index (χ2n) is 4.59. The smallest absolute Gasteiger partial charge is 0.350 e. The lowest BCUT2D eigenvalue weighted by molar-refractivity contribution is 0.0607. The first-order valence-electron chi connectivity index (χ1n) is 6.48. The first kappa shape index (κ1) is 15.2. The van der Waals surface area contributed by atoms with Crippen molar-refractivity contribution >= 4 is 28.9 Å². The summed E-state index contributed by atoms with van der Waals surface area (Å²) in [6.07, 6.45) is 2.34. The molecule has 0 saturated carbocycles. The van der Waals surface area contributed by atoms with E-state index < -0.39 is 5.97 Å². The summed E-state index contributed by atoms with van der Waals surface area (Å²) < 4.78 is 6.34. The number of methoxy groups -OCH3 is 1. The first-order valence-corrected chi connectivity index (χ1v) is 7.36. The number of thiophene rings is 1. The van der Waals surface area contributed by atoms with E-state index >= 15 is 0 Å². The van der Waals surface area contributed by atoms with Crippen molar-refractivity contribution in [1.29, 1.82) is 0 Å². The minimum Gasteiger partial charge on any atom is -0.465 e. The van der Waals surface area contributed by atoms with Gasteiger partial charge in [-0.3, -0.25) is 9.48 Å². The molecule has 2 heterocycles. The summed E-state index contributed by atoms with van der Waals surface area (Å²) in [4.78, 5) is 24.5. The van der Waals surface area contributed by atoms with Crippen molar-refractivity contribution in [2.45, 2.75) is 20.3 Å². The molecule has 6 nitrogen and oxygen atoms in total. The van der Waals surface area contributed by atoms with Gasteiger partial charge in [-0.1, -0.05) is 6.92 Å². The van der Waals surface area contributed by atoms with Crippen molar-refractivity contribution < 1.29 is 14.3 Å². The van der Waals surface area contributed by atoms with Crippen LogP contribution in [0.4, 0.5) is 5.69 Å². The van der Waals surface area contributed by atoms with E-state index in [1.807, 2.05) is 19.2 Å². The first-order chi connectivity index (χ1) is 9.97. The number of nitrogens with one attached hydrogen (secondary N) is 1. The third-order valence-corrected chi connectivity index (χ3v) is 4.15. The molecule has 0 atom stereocenters. The molecule has 0 radical (unpaired) electrons. The highest BCUT2D eigenvalue weighted by molar-refractivity contribution is 7.12. The van der Waals surface area contributed by atoms with Crippen molar-refractivity contribution in [1.82, 2.24) is 9.78 Å². The molecule has 1 amide bonds. The molecule has 0 aliphatic rings. The van der Waals surface area contributed by atoms with Gasteiger partial charge >= 0.3 is 5.97 Å². The Morgan fingerprint density at radius 3 is 2.81 bits per heavy atom. The van der Waals surface area contributed by atoms with Crippen molar-refractivity contribution in [2.24, 2.45) is 7.05 Å². The number of ether oxygens (including phenoxy) is 1. The van der Waals surface area contributed by atoms with Gasteiger partial charge in [-0.05, 0) is 24.3 Å². The average Bonchev–Trinajstić information content (AvgIpc) is 3.02. The Kier molecular flexibility index (Phi) is 4.42. The van der Waals surface area contributed by atoms with E-state index in [1.54, 1.807) is 17.9 Å². The largest absolute Gasteiger partial charge is 0.465 e. The number of anilines is 1. The Morgan fingerprint density at radius 1 is 1.48 bits per heavy atom. The molecule has 21 heavy (non-hydrogen) atoms. The summed E-state index contributed by atoms with van der Waals surface area (Å²) in [5.74, 6) is -0.725. The van der Waals surface area contributed by atoms with Crippen molar-refractivity contribution in [3.8, 4) is 0 Å². The number of rotatable bonds is 4. The second kappa shape index (κ2) is 6.09. The van der Waals surface area contributed by atoms with Crippen molar-refractivity contribution in [3.05, 3.63) is 33.3 Å². The molecule has 1 N–H and O–H groups in total. The third-order valence-electron chi connectivity index (χ3n) is 3.07. The summed E-state index contributed by atoms with van der Waals surface area (Å²) in [7, 11) is 3.09. The zero-order chi connectivity index (χ0) is 15.6. The van der Waals surface area contributed by atoms with Gasteiger partial charge in [0.25, 0.3) is 5.91 Å². The zero-order valence-corrected chi connectivity index (χ0v) is 13.2. The number of carbonyl (C=O) groups excluding carboxylic acids is 2. The molecule has 2 aromatic rings. The molecule has 0 bridgehead atoms. The highest BCUT2D eigenvalue weighted by Crippen LogP contribution is 2.29. The molecule has 0 fully saturated rings. The van der Waals surface area contributed by atoms with Crippen molar-refractivity contribution in [2.75, 3.05) is 12.4 Å². The van der Waals surface area contributed by atoms with Crippen LogP contribution in [0.15, 0.2) is 11.6 Å². The second-order valence-corrected chi connectivity index (χ2v) is 5.46. The van der Waals surface area contributed by atoms with E-state index in [2.05, 4.69) is 10.4 Å². The minimum absolute atomic E-state index is 0.272. The van der Waals surface area contributed by atoms with Crippen LogP contribution in [0.1, 0.15) is 38.2 Å².